The number of anilines is 1. The van der Waals surface area contributed by atoms with Crippen LogP contribution in [0, 0.1) is 0 Å². The van der Waals surface area contributed by atoms with Crippen LogP contribution in [0.2, 0.25) is 0 Å². The Hall–Kier alpha value is -1.90. The van der Waals surface area contributed by atoms with E-state index >= 15 is 0 Å². The Morgan fingerprint density at radius 2 is 1.90 bits per heavy atom. The monoisotopic (exact) mass is 506 g/mol. The summed E-state index contributed by atoms with van der Waals surface area (Å²) in [4.78, 5) is 7.38. The molecule has 30 heavy (non-hydrogen) atoms. The van der Waals surface area contributed by atoms with Gasteiger partial charge in [0, 0.05) is 29.4 Å². The highest BCUT2D eigenvalue weighted by Crippen LogP contribution is 2.30. The fourth-order valence-corrected chi connectivity index (χ4v) is 6.87. The van der Waals surface area contributed by atoms with Crippen molar-refractivity contribution in [3.63, 3.8) is 0 Å². The third kappa shape index (κ3) is 4.71. The average molecular weight is 507 g/mol. The SMILES string of the molecule is COc1ccc(Cc2csc(N3CCC(S(=O)(=O)c4cccc(Br)c4)CC3)n2)cc1. The van der Waals surface area contributed by atoms with Crippen molar-refractivity contribution in [1.29, 1.82) is 0 Å². The first-order chi connectivity index (χ1) is 14.5. The van der Waals surface area contributed by atoms with Crippen molar-refractivity contribution in [3.8, 4) is 5.75 Å². The van der Waals surface area contributed by atoms with E-state index in [0.29, 0.717) is 30.8 Å². The molecule has 0 saturated carbocycles. The molecule has 0 unspecified atom stereocenters. The van der Waals surface area contributed by atoms with Crippen LogP contribution in [-0.4, -0.2) is 38.9 Å². The smallest absolute Gasteiger partial charge is 0.185 e. The molecule has 0 spiro atoms. The van der Waals surface area contributed by atoms with Crippen molar-refractivity contribution >= 4 is 42.2 Å². The van der Waals surface area contributed by atoms with Gasteiger partial charge >= 0.3 is 0 Å². The van der Waals surface area contributed by atoms with Crippen LogP contribution >= 0.6 is 27.3 Å². The second kappa shape index (κ2) is 9.08. The number of hydrogen-bond donors (Lipinski definition) is 0. The van der Waals surface area contributed by atoms with Gasteiger partial charge in [-0.3, -0.25) is 0 Å². The summed E-state index contributed by atoms with van der Waals surface area (Å²) in [6.45, 7) is 1.40. The van der Waals surface area contributed by atoms with Crippen molar-refractivity contribution in [2.75, 3.05) is 25.1 Å². The van der Waals surface area contributed by atoms with Crippen LogP contribution in [0.3, 0.4) is 0 Å². The van der Waals surface area contributed by atoms with Gasteiger partial charge in [-0.2, -0.15) is 0 Å². The summed E-state index contributed by atoms with van der Waals surface area (Å²) in [6, 6.07) is 15.0. The molecule has 4 rings (SSSR count). The molecule has 2 aromatic carbocycles. The summed E-state index contributed by atoms with van der Waals surface area (Å²) in [5, 5.41) is 2.71. The Morgan fingerprint density at radius 3 is 2.57 bits per heavy atom. The largest absolute Gasteiger partial charge is 0.497 e. The van der Waals surface area contributed by atoms with Crippen LogP contribution in [0.25, 0.3) is 0 Å². The zero-order chi connectivity index (χ0) is 21.1. The highest BCUT2D eigenvalue weighted by atomic mass is 79.9. The third-order valence-corrected chi connectivity index (χ3v) is 9.06. The number of nitrogens with zero attached hydrogens (tertiary/aromatic N) is 2. The zero-order valence-corrected chi connectivity index (χ0v) is 19.8. The molecule has 8 heteroatoms. The van der Waals surface area contributed by atoms with E-state index in [1.807, 2.05) is 18.2 Å². The number of aromatic nitrogens is 1. The number of thiazole rings is 1. The van der Waals surface area contributed by atoms with Gasteiger partial charge in [0.25, 0.3) is 0 Å². The van der Waals surface area contributed by atoms with Crippen LogP contribution in [0.5, 0.6) is 5.75 Å². The Balaban J connectivity index is 1.38. The Kier molecular flexibility index (Phi) is 6.46. The molecule has 158 valence electrons. The standard InChI is InChI=1S/C22H23BrN2O3S2/c1-28-19-7-5-16(6-8-19)13-18-15-29-22(24-18)25-11-9-20(10-12-25)30(26,27)21-4-2-3-17(23)14-21/h2-8,14-15,20H,9-13H2,1H3. The number of benzene rings is 2. The second-order valence-corrected chi connectivity index (χ2v) is 11.3. The second-order valence-electron chi connectivity index (χ2n) is 7.34. The molecular weight excluding hydrogens is 484 g/mol. The van der Waals surface area contributed by atoms with Crippen molar-refractivity contribution < 1.29 is 13.2 Å². The summed E-state index contributed by atoms with van der Waals surface area (Å²) < 4.78 is 31.9. The molecule has 1 aromatic heterocycles. The summed E-state index contributed by atoms with van der Waals surface area (Å²) in [5.74, 6) is 0.846. The van der Waals surface area contributed by atoms with E-state index in [4.69, 9.17) is 9.72 Å². The molecule has 0 N–H and O–H groups in total. The molecule has 0 amide bonds. The Morgan fingerprint density at radius 1 is 1.17 bits per heavy atom. The lowest BCUT2D eigenvalue weighted by Crippen LogP contribution is -2.39. The lowest BCUT2D eigenvalue weighted by Gasteiger charge is -2.31. The minimum absolute atomic E-state index is 0.346. The molecular formula is C22H23BrN2O3S2. The topological polar surface area (TPSA) is 59.5 Å². The van der Waals surface area contributed by atoms with Gasteiger partial charge in [-0.1, -0.05) is 34.1 Å². The number of halogens is 1. The lowest BCUT2D eigenvalue weighted by atomic mass is 10.1. The van der Waals surface area contributed by atoms with E-state index in [2.05, 4.69) is 38.3 Å². The predicted octanol–water partition coefficient (Wildman–Crippen LogP) is 4.95. The fourth-order valence-electron chi connectivity index (χ4n) is 3.67. The lowest BCUT2D eigenvalue weighted by molar-refractivity contribution is 0.414. The number of piperidine rings is 1. The van der Waals surface area contributed by atoms with Gasteiger partial charge in [0.2, 0.25) is 0 Å². The van der Waals surface area contributed by atoms with E-state index in [1.54, 1.807) is 36.6 Å². The summed E-state index contributed by atoms with van der Waals surface area (Å²) >= 11 is 4.99. The molecule has 0 radical (unpaired) electrons. The van der Waals surface area contributed by atoms with Gasteiger partial charge in [0.05, 0.1) is 22.9 Å². The van der Waals surface area contributed by atoms with E-state index in [9.17, 15) is 8.42 Å². The Bertz CT molecular complexity index is 1110. The predicted molar refractivity (Wildman–Crippen MR) is 124 cm³/mol. The quantitative estimate of drug-likeness (QED) is 0.473. The van der Waals surface area contributed by atoms with E-state index in [1.165, 1.54) is 5.56 Å². The third-order valence-electron chi connectivity index (χ3n) is 5.36. The highest BCUT2D eigenvalue weighted by molar-refractivity contribution is 9.10. The Labute approximate surface area is 189 Å². The minimum atomic E-state index is -3.32. The number of ether oxygens (including phenoxy) is 1. The van der Waals surface area contributed by atoms with Gasteiger partial charge < -0.3 is 9.64 Å². The van der Waals surface area contributed by atoms with Crippen LogP contribution < -0.4 is 9.64 Å². The van der Waals surface area contributed by atoms with E-state index in [-0.39, 0.29) is 5.25 Å². The minimum Gasteiger partial charge on any atom is -0.497 e. The summed E-state index contributed by atoms with van der Waals surface area (Å²) in [5.41, 5.74) is 2.22. The zero-order valence-electron chi connectivity index (χ0n) is 16.6. The molecule has 0 bridgehead atoms. The van der Waals surface area contributed by atoms with Crippen molar-refractivity contribution in [2.45, 2.75) is 29.4 Å². The highest BCUT2D eigenvalue weighted by Gasteiger charge is 2.32. The van der Waals surface area contributed by atoms with E-state index < -0.39 is 9.84 Å². The van der Waals surface area contributed by atoms with Crippen LogP contribution in [0.15, 0.2) is 63.3 Å². The van der Waals surface area contributed by atoms with Crippen molar-refractivity contribution in [2.24, 2.45) is 0 Å². The molecule has 1 aliphatic heterocycles. The molecule has 1 fully saturated rings. The van der Waals surface area contributed by atoms with E-state index in [0.717, 1.165) is 27.5 Å². The van der Waals surface area contributed by atoms with Crippen LogP contribution in [-0.2, 0) is 16.3 Å². The van der Waals surface area contributed by atoms with Crippen LogP contribution in [0.1, 0.15) is 24.1 Å². The maximum Gasteiger partial charge on any atom is 0.185 e. The first-order valence-corrected chi connectivity index (χ1v) is 13.0. The number of rotatable bonds is 6. The fraction of sp³-hybridized carbons (Fsp3) is 0.318. The molecule has 0 aliphatic carbocycles. The van der Waals surface area contributed by atoms with Gasteiger partial charge in [0.1, 0.15) is 5.75 Å². The normalized spacial score (nSPS) is 15.3. The maximum atomic E-state index is 13.0. The molecule has 3 aromatic rings. The number of methoxy groups -OCH3 is 1. The van der Waals surface area contributed by atoms with Gasteiger partial charge in [-0.25, -0.2) is 13.4 Å². The maximum absolute atomic E-state index is 13.0. The van der Waals surface area contributed by atoms with Gasteiger partial charge in [-0.05, 0) is 48.7 Å². The molecule has 1 aliphatic rings. The molecule has 2 heterocycles. The number of hydrogen-bond acceptors (Lipinski definition) is 6. The van der Waals surface area contributed by atoms with Crippen molar-refractivity contribution in [1.82, 2.24) is 4.98 Å². The number of sulfone groups is 1. The van der Waals surface area contributed by atoms with Gasteiger partial charge in [0.15, 0.2) is 15.0 Å². The molecule has 5 nitrogen and oxygen atoms in total. The summed E-state index contributed by atoms with van der Waals surface area (Å²) in [7, 11) is -1.65. The summed E-state index contributed by atoms with van der Waals surface area (Å²) in [6.07, 6.45) is 2.00. The first-order valence-electron chi connectivity index (χ1n) is 9.77. The van der Waals surface area contributed by atoms with Gasteiger partial charge in [-0.15, -0.1) is 11.3 Å². The molecule has 1 saturated heterocycles. The average Bonchev–Trinajstić information content (AvgIpc) is 3.23. The first kappa shape index (κ1) is 21.3. The van der Waals surface area contributed by atoms with Crippen molar-refractivity contribution in [3.05, 3.63) is 69.6 Å². The van der Waals surface area contributed by atoms with Crippen LogP contribution in [0.4, 0.5) is 5.13 Å². The molecule has 0 atom stereocenters.